The highest BCUT2D eigenvalue weighted by molar-refractivity contribution is 9.10. The first-order valence-corrected chi connectivity index (χ1v) is 9.59. The molecule has 0 saturated carbocycles. The van der Waals surface area contributed by atoms with Gasteiger partial charge in [-0.25, -0.2) is 9.48 Å². The highest BCUT2D eigenvalue weighted by Gasteiger charge is 2.15. The van der Waals surface area contributed by atoms with Gasteiger partial charge in [-0.2, -0.15) is 10.2 Å². The number of aryl methyl sites for hydroxylation is 1. The van der Waals surface area contributed by atoms with E-state index in [4.69, 9.17) is 26.9 Å². The molecule has 0 amide bonds. The number of amidine groups is 1. The molecular formula is C18H18BrClN6O3. The van der Waals surface area contributed by atoms with Gasteiger partial charge in [-0.1, -0.05) is 16.8 Å². The van der Waals surface area contributed by atoms with Crippen LogP contribution in [0.1, 0.15) is 27.4 Å². The highest BCUT2D eigenvalue weighted by Crippen LogP contribution is 2.22. The monoisotopic (exact) mass is 480 g/mol. The van der Waals surface area contributed by atoms with E-state index in [2.05, 4.69) is 31.3 Å². The standard InChI is InChI=1S/C18H18BrClN6O3/c1-10-16(19)11(2)26(22-10)9-25-7-6-14(23-25)18(27)29-24-17(21)13-8-12(20)4-5-15(13)28-3/h4-8H,9H2,1-3H3,(H2,21,24). The fraction of sp³-hybridized carbons (Fsp3) is 0.222. The van der Waals surface area contributed by atoms with Crippen molar-refractivity contribution < 1.29 is 14.4 Å². The van der Waals surface area contributed by atoms with E-state index in [1.807, 2.05) is 13.8 Å². The molecule has 0 unspecified atom stereocenters. The van der Waals surface area contributed by atoms with Gasteiger partial charge >= 0.3 is 5.97 Å². The molecule has 2 aromatic heterocycles. The smallest absolute Gasteiger partial charge is 0.385 e. The van der Waals surface area contributed by atoms with E-state index in [1.165, 1.54) is 13.2 Å². The Labute approximate surface area is 180 Å². The van der Waals surface area contributed by atoms with Gasteiger partial charge in [-0.3, -0.25) is 4.68 Å². The van der Waals surface area contributed by atoms with Crippen molar-refractivity contribution in [1.29, 1.82) is 0 Å². The Kier molecular flexibility index (Phi) is 6.23. The quantitative estimate of drug-likeness (QED) is 0.251. The average molecular weight is 482 g/mol. The number of hydrogen-bond acceptors (Lipinski definition) is 6. The van der Waals surface area contributed by atoms with Crippen LogP contribution in [-0.4, -0.2) is 38.5 Å². The second-order valence-electron chi connectivity index (χ2n) is 6.07. The molecule has 0 saturated heterocycles. The van der Waals surface area contributed by atoms with Gasteiger partial charge in [0.05, 0.1) is 28.5 Å². The molecule has 2 heterocycles. The van der Waals surface area contributed by atoms with Crippen LogP contribution in [-0.2, 0) is 11.5 Å². The third-order valence-corrected chi connectivity index (χ3v) is 5.47. The Morgan fingerprint density at radius 2 is 2.07 bits per heavy atom. The number of aromatic nitrogens is 4. The number of methoxy groups -OCH3 is 1. The number of ether oxygens (including phenoxy) is 1. The van der Waals surface area contributed by atoms with Crippen molar-refractivity contribution in [1.82, 2.24) is 19.6 Å². The first-order chi connectivity index (χ1) is 13.8. The molecule has 3 aromatic rings. The molecule has 152 valence electrons. The van der Waals surface area contributed by atoms with Gasteiger partial charge in [0.25, 0.3) is 0 Å². The van der Waals surface area contributed by atoms with Crippen LogP contribution in [0.4, 0.5) is 0 Å². The summed E-state index contributed by atoms with van der Waals surface area (Å²) in [6, 6.07) is 6.38. The topological polar surface area (TPSA) is 110 Å². The molecule has 3 rings (SSSR count). The summed E-state index contributed by atoms with van der Waals surface area (Å²) in [6.07, 6.45) is 1.65. The summed E-state index contributed by atoms with van der Waals surface area (Å²) in [5.74, 6) is -0.348. The minimum Gasteiger partial charge on any atom is -0.496 e. The molecule has 0 aliphatic rings. The van der Waals surface area contributed by atoms with Crippen LogP contribution < -0.4 is 10.5 Å². The minimum atomic E-state index is -0.748. The van der Waals surface area contributed by atoms with E-state index in [1.54, 1.807) is 33.8 Å². The van der Waals surface area contributed by atoms with Crippen molar-refractivity contribution in [3.63, 3.8) is 0 Å². The SMILES string of the molecule is COc1ccc(Cl)cc1/C(N)=N/OC(=O)c1ccn(Cn2nc(C)c(Br)c2C)n1. The number of hydrogen-bond donors (Lipinski definition) is 1. The molecule has 0 fully saturated rings. The van der Waals surface area contributed by atoms with Gasteiger partial charge in [0, 0.05) is 11.2 Å². The van der Waals surface area contributed by atoms with E-state index in [-0.39, 0.29) is 11.5 Å². The molecule has 2 N–H and O–H groups in total. The van der Waals surface area contributed by atoms with Crippen LogP contribution in [0.2, 0.25) is 5.02 Å². The molecule has 0 radical (unpaired) electrons. The number of nitrogens with two attached hydrogens (primary N) is 1. The molecule has 29 heavy (non-hydrogen) atoms. The number of oxime groups is 1. The number of nitrogens with zero attached hydrogens (tertiary/aromatic N) is 5. The lowest BCUT2D eigenvalue weighted by Gasteiger charge is -2.07. The van der Waals surface area contributed by atoms with Gasteiger partial charge in [0.2, 0.25) is 0 Å². The molecule has 11 heteroatoms. The Balaban J connectivity index is 1.71. The second-order valence-corrected chi connectivity index (χ2v) is 7.30. The minimum absolute atomic E-state index is 0.0513. The summed E-state index contributed by atoms with van der Waals surface area (Å²) >= 11 is 9.45. The van der Waals surface area contributed by atoms with Gasteiger partial charge < -0.3 is 15.3 Å². The van der Waals surface area contributed by atoms with Crippen molar-refractivity contribution in [2.75, 3.05) is 7.11 Å². The fourth-order valence-electron chi connectivity index (χ4n) is 2.57. The largest absolute Gasteiger partial charge is 0.496 e. The molecule has 1 aromatic carbocycles. The zero-order valence-corrected chi connectivity index (χ0v) is 18.2. The first kappa shape index (κ1) is 20.9. The second kappa shape index (κ2) is 8.66. The van der Waals surface area contributed by atoms with Gasteiger partial charge in [0.15, 0.2) is 11.5 Å². The van der Waals surface area contributed by atoms with Crippen LogP contribution in [0.5, 0.6) is 5.75 Å². The van der Waals surface area contributed by atoms with Gasteiger partial charge in [-0.05, 0) is 54.0 Å². The number of rotatable bonds is 6. The van der Waals surface area contributed by atoms with Crippen molar-refractivity contribution in [2.24, 2.45) is 10.9 Å². The Hall–Kier alpha value is -2.85. The Morgan fingerprint density at radius 3 is 2.72 bits per heavy atom. The fourth-order valence-corrected chi connectivity index (χ4v) is 3.02. The number of benzene rings is 1. The predicted molar refractivity (Wildman–Crippen MR) is 111 cm³/mol. The maximum atomic E-state index is 12.2. The maximum Gasteiger partial charge on any atom is 0.385 e. The summed E-state index contributed by atoms with van der Waals surface area (Å²) in [5.41, 5.74) is 8.22. The van der Waals surface area contributed by atoms with E-state index in [0.29, 0.717) is 23.0 Å². The molecule has 0 atom stereocenters. The molecular weight excluding hydrogens is 464 g/mol. The van der Waals surface area contributed by atoms with Crippen LogP contribution in [0.3, 0.4) is 0 Å². The van der Waals surface area contributed by atoms with E-state index in [0.717, 1.165) is 15.9 Å². The average Bonchev–Trinajstić information content (AvgIpc) is 3.27. The van der Waals surface area contributed by atoms with Crippen LogP contribution in [0, 0.1) is 13.8 Å². The number of carbonyl (C=O) groups is 1. The van der Waals surface area contributed by atoms with Crippen molar-refractivity contribution in [3.8, 4) is 5.75 Å². The lowest BCUT2D eigenvalue weighted by Crippen LogP contribution is -2.17. The van der Waals surface area contributed by atoms with Crippen LogP contribution >= 0.6 is 27.5 Å². The summed E-state index contributed by atoms with van der Waals surface area (Å²) in [5, 5.41) is 12.7. The zero-order valence-electron chi connectivity index (χ0n) is 15.9. The Morgan fingerprint density at radius 1 is 1.31 bits per heavy atom. The van der Waals surface area contributed by atoms with Crippen molar-refractivity contribution >= 4 is 39.3 Å². The van der Waals surface area contributed by atoms with Crippen LogP contribution in [0.25, 0.3) is 0 Å². The maximum absolute atomic E-state index is 12.2. The zero-order chi connectivity index (χ0) is 21.1. The van der Waals surface area contributed by atoms with Crippen molar-refractivity contribution in [3.05, 3.63) is 62.6 Å². The molecule has 0 aliphatic heterocycles. The number of carbonyl (C=O) groups excluding carboxylic acids is 1. The summed E-state index contributed by atoms with van der Waals surface area (Å²) < 4.78 is 9.47. The number of halogens is 2. The Bertz CT molecular complexity index is 1090. The normalized spacial score (nSPS) is 11.6. The third-order valence-electron chi connectivity index (χ3n) is 4.09. The summed E-state index contributed by atoms with van der Waals surface area (Å²) in [4.78, 5) is 17.2. The lowest BCUT2D eigenvalue weighted by molar-refractivity contribution is 0.0508. The predicted octanol–water partition coefficient (Wildman–Crippen LogP) is 3.10. The van der Waals surface area contributed by atoms with Crippen molar-refractivity contribution in [2.45, 2.75) is 20.5 Å². The highest BCUT2D eigenvalue weighted by atomic mass is 79.9. The first-order valence-electron chi connectivity index (χ1n) is 8.41. The van der Waals surface area contributed by atoms with E-state index >= 15 is 0 Å². The van der Waals surface area contributed by atoms with Crippen LogP contribution in [0.15, 0.2) is 40.1 Å². The summed E-state index contributed by atoms with van der Waals surface area (Å²) in [6.45, 7) is 4.18. The molecule has 0 bridgehead atoms. The van der Waals surface area contributed by atoms with E-state index < -0.39 is 5.97 Å². The van der Waals surface area contributed by atoms with Gasteiger partial charge in [-0.15, -0.1) is 0 Å². The summed E-state index contributed by atoms with van der Waals surface area (Å²) in [7, 11) is 1.49. The van der Waals surface area contributed by atoms with E-state index in [9.17, 15) is 4.79 Å². The molecule has 0 aliphatic carbocycles. The lowest BCUT2D eigenvalue weighted by atomic mass is 10.2. The molecule has 9 nitrogen and oxygen atoms in total. The molecule has 0 spiro atoms. The van der Waals surface area contributed by atoms with Gasteiger partial charge in [0.1, 0.15) is 12.4 Å². The third kappa shape index (κ3) is 4.60.